The lowest BCUT2D eigenvalue weighted by atomic mass is 10.0. The lowest BCUT2D eigenvalue weighted by Gasteiger charge is -2.22. The van der Waals surface area contributed by atoms with E-state index in [0.717, 1.165) is 18.2 Å². The molecule has 5 N–H and O–H groups in total. The molecule has 0 fully saturated rings. The highest BCUT2D eigenvalue weighted by Gasteiger charge is 2.38. The zero-order valence-corrected chi connectivity index (χ0v) is 7.69. The molecule has 4 nitrogen and oxygen atoms in total. The molecule has 0 saturated heterocycles. The number of hydrogen-bond donors (Lipinski definition) is 4. The molecular weight excluding hydrogens is 208 g/mol. The van der Waals surface area contributed by atoms with E-state index in [-0.39, 0.29) is 11.3 Å². The summed E-state index contributed by atoms with van der Waals surface area (Å²) >= 11 is 0. The van der Waals surface area contributed by atoms with Gasteiger partial charge in [0.1, 0.15) is 24.1 Å². The summed E-state index contributed by atoms with van der Waals surface area (Å²) in [6.07, 6.45) is 0. The number of halogens is 2. The average molecular weight is 219 g/mol. The van der Waals surface area contributed by atoms with Crippen LogP contribution in [0.3, 0.4) is 0 Å². The number of phenols is 2. The first-order valence-electron chi connectivity index (χ1n) is 4.14. The molecule has 0 aliphatic carbocycles. The normalized spacial score (nSPS) is 13.9. The Hall–Kier alpha value is -1.40. The maximum Gasteiger partial charge on any atom is 0.289 e. The molecule has 1 aromatic carbocycles. The van der Waals surface area contributed by atoms with Gasteiger partial charge in [0, 0.05) is 11.6 Å². The Balaban J connectivity index is 3.06. The number of rotatable bonds is 3. The van der Waals surface area contributed by atoms with Gasteiger partial charge in [-0.25, -0.2) is 8.78 Å². The minimum Gasteiger partial charge on any atom is -0.508 e. The fourth-order valence-corrected chi connectivity index (χ4v) is 1.12. The van der Waals surface area contributed by atoms with Crippen molar-refractivity contribution >= 4 is 0 Å². The fraction of sp³-hybridized carbons (Fsp3) is 0.333. The molecule has 1 aromatic rings. The first kappa shape index (κ1) is 11.7. The highest BCUT2D eigenvalue weighted by molar-refractivity contribution is 5.41. The highest BCUT2D eigenvalue weighted by Crippen LogP contribution is 2.35. The van der Waals surface area contributed by atoms with Gasteiger partial charge in [-0.1, -0.05) is 0 Å². The zero-order chi connectivity index (χ0) is 11.6. The van der Waals surface area contributed by atoms with Gasteiger partial charge in [0.05, 0.1) is 0 Å². The summed E-state index contributed by atoms with van der Waals surface area (Å²) in [5, 5.41) is 26.6. The van der Waals surface area contributed by atoms with Crippen LogP contribution in [-0.4, -0.2) is 27.8 Å². The van der Waals surface area contributed by atoms with Gasteiger partial charge in [0.15, 0.2) is 0 Å². The van der Waals surface area contributed by atoms with E-state index in [4.69, 9.17) is 15.9 Å². The van der Waals surface area contributed by atoms with Crippen molar-refractivity contribution in [1.82, 2.24) is 0 Å². The summed E-state index contributed by atoms with van der Waals surface area (Å²) in [4.78, 5) is 0. The van der Waals surface area contributed by atoms with E-state index >= 15 is 0 Å². The molecule has 0 unspecified atom stereocenters. The van der Waals surface area contributed by atoms with Crippen molar-refractivity contribution < 1.29 is 24.1 Å². The van der Waals surface area contributed by atoms with Gasteiger partial charge in [-0.15, -0.1) is 0 Å². The average Bonchev–Trinajstić information content (AvgIpc) is 2.17. The number of hydrogen-bond acceptors (Lipinski definition) is 4. The first-order valence-corrected chi connectivity index (χ1v) is 4.14. The number of aliphatic hydroxyl groups excluding tert-OH is 1. The maximum absolute atomic E-state index is 13.0. The molecule has 0 heterocycles. The molecule has 0 bridgehead atoms. The maximum atomic E-state index is 13.0. The number of phenolic OH excluding ortho intramolecular Hbond substituents is 2. The van der Waals surface area contributed by atoms with Gasteiger partial charge in [-0.05, 0) is 12.1 Å². The SMILES string of the molecule is N[C@@H](c1ccc(O)cc1O)C(F)(F)CO. The smallest absolute Gasteiger partial charge is 0.289 e. The molecule has 0 saturated carbocycles. The van der Waals surface area contributed by atoms with Crippen LogP contribution in [0.25, 0.3) is 0 Å². The molecular formula is C9H11F2NO3. The monoisotopic (exact) mass is 219 g/mol. The lowest BCUT2D eigenvalue weighted by molar-refractivity contribution is -0.0716. The lowest BCUT2D eigenvalue weighted by Crippen LogP contribution is -2.36. The molecule has 0 aliphatic heterocycles. The van der Waals surface area contributed by atoms with Crippen LogP contribution in [0.2, 0.25) is 0 Å². The van der Waals surface area contributed by atoms with Crippen LogP contribution in [0.5, 0.6) is 11.5 Å². The number of aromatic hydroxyl groups is 2. The van der Waals surface area contributed by atoms with Gasteiger partial charge in [0.25, 0.3) is 5.92 Å². The van der Waals surface area contributed by atoms with E-state index in [9.17, 15) is 13.9 Å². The van der Waals surface area contributed by atoms with Crippen molar-refractivity contribution in [1.29, 1.82) is 0 Å². The van der Waals surface area contributed by atoms with Crippen molar-refractivity contribution in [3.63, 3.8) is 0 Å². The molecule has 0 aliphatic rings. The highest BCUT2D eigenvalue weighted by atomic mass is 19.3. The van der Waals surface area contributed by atoms with Crippen molar-refractivity contribution in [3.8, 4) is 11.5 Å². The Morgan fingerprint density at radius 3 is 2.40 bits per heavy atom. The second kappa shape index (κ2) is 4.00. The van der Waals surface area contributed by atoms with Crippen LogP contribution >= 0.6 is 0 Å². The Morgan fingerprint density at radius 2 is 1.93 bits per heavy atom. The van der Waals surface area contributed by atoms with Crippen molar-refractivity contribution in [2.75, 3.05) is 6.61 Å². The van der Waals surface area contributed by atoms with Crippen molar-refractivity contribution in [3.05, 3.63) is 23.8 Å². The molecule has 1 atom stereocenters. The molecule has 0 radical (unpaired) electrons. The number of benzene rings is 1. The summed E-state index contributed by atoms with van der Waals surface area (Å²) in [7, 11) is 0. The van der Waals surface area contributed by atoms with Gasteiger partial charge < -0.3 is 21.1 Å². The predicted molar refractivity (Wildman–Crippen MR) is 48.7 cm³/mol. The summed E-state index contributed by atoms with van der Waals surface area (Å²) < 4.78 is 25.9. The van der Waals surface area contributed by atoms with E-state index < -0.39 is 24.3 Å². The van der Waals surface area contributed by atoms with Crippen LogP contribution in [-0.2, 0) is 0 Å². The molecule has 0 aromatic heterocycles. The molecule has 0 amide bonds. The Kier molecular flexibility index (Phi) is 3.11. The number of alkyl halides is 2. The number of nitrogens with two attached hydrogens (primary N) is 1. The molecule has 15 heavy (non-hydrogen) atoms. The fourth-order valence-electron chi connectivity index (χ4n) is 1.12. The van der Waals surface area contributed by atoms with Gasteiger partial charge >= 0.3 is 0 Å². The molecule has 84 valence electrons. The first-order chi connectivity index (χ1) is 6.88. The van der Waals surface area contributed by atoms with Gasteiger partial charge in [0.2, 0.25) is 0 Å². The van der Waals surface area contributed by atoms with E-state index in [2.05, 4.69) is 0 Å². The largest absolute Gasteiger partial charge is 0.508 e. The summed E-state index contributed by atoms with van der Waals surface area (Å²) in [5.41, 5.74) is 4.95. The third-order valence-corrected chi connectivity index (χ3v) is 2.01. The molecule has 6 heteroatoms. The Morgan fingerprint density at radius 1 is 1.33 bits per heavy atom. The van der Waals surface area contributed by atoms with E-state index in [0.29, 0.717) is 0 Å². The van der Waals surface area contributed by atoms with Gasteiger partial charge in [-0.3, -0.25) is 0 Å². The Labute approximate surface area is 84.6 Å². The quantitative estimate of drug-likeness (QED) is 0.603. The van der Waals surface area contributed by atoms with Crippen LogP contribution in [0.4, 0.5) is 8.78 Å². The van der Waals surface area contributed by atoms with Crippen molar-refractivity contribution in [2.24, 2.45) is 5.73 Å². The minimum atomic E-state index is -3.52. The summed E-state index contributed by atoms with van der Waals surface area (Å²) in [6.45, 7) is -1.41. The third-order valence-electron chi connectivity index (χ3n) is 2.01. The number of aliphatic hydroxyl groups is 1. The standard InChI is InChI=1S/C9H11F2NO3/c10-9(11,4-13)8(12)6-2-1-5(14)3-7(6)15/h1-3,8,13-15H,4,12H2/t8-/m0/s1. The summed E-state index contributed by atoms with van der Waals surface area (Å²) in [6, 6.07) is 1.30. The van der Waals surface area contributed by atoms with E-state index in [1.807, 2.05) is 0 Å². The molecule has 0 spiro atoms. The van der Waals surface area contributed by atoms with E-state index in [1.54, 1.807) is 0 Å². The zero-order valence-electron chi connectivity index (χ0n) is 7.69. The Bertz CT molecular complexity index is 357. The predicted octanol–water partition coefficient (Wildman–Crippen LogP) is 0.725. The summed E-state index contributed by atoms with van der Waals surface area (Å²) in [5.74, 6) is -4.31. The van der Waals surface area contributed by atoms with Crippen LogP contribution < -0.4 is 5.73 Å². The second-order valence-corrected chi connectivity index (χ2v) is 3.14. The third kappa shape index (κ3) is 2.34. The van der Waals surface area contributed by atoms with Gasteiger partial charge in [-0.2, -0.15) is 0 Å². The van der Waals surface area contributed by atoms with Crippen molar-refractivity contribution in [2.45, 2.75) is 12.0 Å². The van der Waals surface area contributed by atoms with Crippen LogP contribution in [0.1, 0.15) is 11.6 Å². The second-order valence-electron chi connectivity index (χ2n) is 3.14. The molecule has 1 rings (SSSR count). The minimum absolute atomic E-state index is 0.230. The van der Waals surface area contributed by atoms with E-state index in [1.165, 1.54) is 0 Å². The van der Waals surface area contributed by atoms with Crippen LogP contribution in [0, 0.1) is 0 Å². The topological polar surface area (TPSA) is 86.7 Å². The van der Waals surface area contributed by atoms with Crippen LogP contribution in [0.15, 0.2) is 18.2 Å².